The second-order valence-electron chi connectivity index (χ2n) is 4.71. The van der Waals surface area contributed by atoms with Crippen LogP contribution in [0.25, 0.3) is 0 Å². The molecule has 1 N–H and O–H groups in total. The molecule has 0 aliphatic heterocycles. The van der Waals surface area contributed by atoms with Gasteiger partial charge in [0, 0.05) is 22.7 Å². The van der Waals surface area contributed by atoms with Crippen molar-refractivity contribution in [2.75, 3.05) is 5.32 Å². The van der Waals surface area contributed by atoms with Gasteiger partial charge in [-0.1, -0.05) is 6.07 Å². The second-order valence-corrected chi connectivity index (χ2v) is 6.55. The number of carbonyl (C=O) groups excluding carboxylic acids is 1. The Morgan fingerprint density at radius 2 is 2.14 bits per heavy atom. The predicted octanol–water partition coefficient (Wildman–Crippen LogP) is 3.93. The van der Waals surface area contributed by atoms with Gasteiger partial charge >= 0.3 is 0 Å². The van der Waals surface area contributed by atoms with Gasteiger partial charge in [0.15, 0.2) is 5.13 Å². The van der Waals surface area contributed by atoms with Crippen LogP contribution in [0.15, 0.2) is 47.4 Å². The largest absolute Gasteiger partial charge is 0.346 e. The van der Waals surface area contributed by atoms with E-state index in [1.807, 2.05) is 48.3 Å². The number of aryl methyl sites for hydroxylation is 1. The summed E-state index contributed by atoms with van der Waals surface area (Å²) in [6.45, 7) is 1.92. The van der Waals surface area contributed by atoms with Crippen molar-refractivity contribution in [2.24, 2.45) is 0 Å². The lowest BCUT2D eigenvalue weighted by Gasteiger charge is -2.17. The van der Waals surface area contributed by atoms with Gasteiger partial charge in [0.1, 0.15) is 0 Å². The van der Waals surface area contributed by atoms with E-state index in [-0.39, 0.29) is 11.9 Å². The number of rotatable bonds is 5. The third-order valence-corrected chi connectivity index (χ3v) is 4.95. The van der Waals surface area contributed by atoms with Crippen molar-refractivity contribution in [3.05, 3.63) is 58.0 Å². The van der Waals surface area contributed by atoms with E-state index in [1.54, 1.807) is 11.3 Å². The summed E-state index contributed by atoms with van der Waals surface area (Å²) in [4.78, 5) is 17.7. The van der Waals surface area contributed by atoms with Gasteiger partial charge < -0.3 is 9.88 Å². The Morgan fingerprint density at radius 3 is 2.76 bits per heavy atom. The van der Waals surface area contributed by atoms with Crippen LogP contribution in [0.5, 0.6) is 0 Å². The van der Waals surface area contributed by atoms with Crippen LogP contribution in [0.4, 0.5) is 5.13 Å². The number of carbonyl (C=O) groups is 1. The molecular formula is C15H15N3OS2. The lowest BCUT2D eigenvalue weighted by Crippen LogP contribution is -2.18. The zero-order valence-electron chi connectivity index (χ0n) is 11.5. The first-order chi connectivity index (χ1) is 10.2. The van der Waals surface area contributed by atoms with Gasteiger partial charge in [0.05, 0.1) is 18.2 Å². The number of aromatic nitrogens is 2. The first kappa shape index (κ1) is 14.0. The zero-order valence-corrected chi connectivity index (χ0v) is 13.2. The van der Waals surface area contributed by atoms with Crippen molar-refractivity contribution in [1.82, 2.24) is 9.55 Å². The van der Waals surface area contributed by atoms with E-state index in [9.17, 15) is 4.79 Å². The van der Waals surface area contributed by atoms with Crippen LogP contribution in [-0.4, -0.2) is 15.5 Å². The predicted molar refractivity (Wildman–Crippen MR) is 87.0 cm³/mol. The van der Waals surface area contributed by atoms with Crippen molar-refractivity contribution in [3.63, 3.8) is 0 Å². The Morgan fingerprint density at radius 1 is 1.33 bits per heavy atom. The molecule has 0 bridgehead atoms. The van der Waals surface area contributed by atoms with Gasteiger partial charge in [-0.25, -0.2) is 4.98 Å². The van der Waals surface area contributed by atoms with E-state index in [2.05, 4.69) is 20.9 Å². The average Bonchev–Trinajstić information content (AvgIpc) is 3.19. The van der Waals surface area contributed by atoms with Crippen molar-refractivity contribution >= 4 is 33.7 Å². The number of hydrogen-bond donors (Lipinski definition) is 1. The first-order valence-corrected chi connectivity index (χ1v) is 8.36. The molecule has 3 aromatic rings. The number of amides is 1. The molecule has 0 saturated heterocycles. The molecule has 0 saturated carbocycles. The van der Waals surface area contributed by atoms with Crippen LogP contribution in [0.1, 0.15) is 23.0 Å². The molecule has 0 aromatic carbocycles. The van der Waals surface area contributed by atoms with Crippen molar-refractivity contribution in [2.45, 2.75) is 19.4 Å². The fraction of sp³-hybridized carbons (Fsp3) is 0.200. The molecular weight excluding hydrogens is 302 g/mol. The molecule has 0 spiro atoms. The summed E-state index contributed by atoms with van der Waals surface area (Å²) in [5.74, 6) is -0.0172. The molecule has 6 heteroatoms. The quantitative estimate of drug-likeness (QED) is 0.775. The molecule has 0 radical (unpaired) electrons. The van der Waals surface area contributed by atoms with Gasteiger partial charge in [-0.05, 0) is 30.5 Å². The molecule has 0 aliphatic rings. The smallest absolute Gasteiger partial charge is 0.228 e. The molecule has 108 valence electrons. The maximum atomic E-state index is 12.3. The summed E-state index contributed by atoms with van der Waals surface area (Å²) >= 11 is 3.12. The Kier molecular flexibility index (Phi) is 4.17. The van der Waals surface area contributed by atoms with Crippen molar-refractivity contribution < 1.29 is 4.79 Å². The van der Waals surface area contributed by atoms with E-state index >= 15 is 0 Å². The lowest BCUT2D eigenvalue weighted by molar-refractivity contribution is -0.116. The average molecular weight is 317 g/mol. The van der Waals surface area contributed by atoms with Crippen LogP contribution in [-0.2, 0) is 4.79 Å². The number of nitrogens with one attached hydrogen (secondary N) is 1. The van der Waals surface area contributed by atoms with Crippen molar-refractivity contribution in [3.8, 4) is 0 Å². The third-order valence-electron chi connectivity index (χ3n) is 3.10. The van der Waals surface area contributed by atoms with Gasteiger partial charge in [-0.15, -0.1) is 22.7 Å². The van der Waals surface area contributed by atoms with E-state index in [4.69, 9.17) is 0 Å². The maximum absolute atomic E-state index is 12.3. The molecule has 3 rings (SSSR count). The molecule has 1 amide bonds. The van der Waals surface area contributed by atoms with Crippen LogP contribution in [0.3, 0.4) is 0 Å². The summed E-state index contributed by atoms with van der Waals surface area (Å²) in [6.07, 6.45) is 4.38. The van der Waals surface area contributed by atoms with Gasteiger partial charge in [-0.3, -0.25) is 4.79 Å². The standard InChI is InChI=1S/C15H15N3OS2/c1-11-10-21-15(16-11)17-14(19)9-12(13-5-4-8-20-13)18-6-2-3-7-18/h2-8,10,12H,9H2,1H3,(H,16,17,19)/t12-/m0/s1. The minimum Gasteiger partial charge on any atom is -0.346 e. The highest BCUT2D eigenvalue weighted by Gasteiger charge is 2.18. The number of nitrogens with zero attached hydrogens (tertiary/aromatic N) is 2. The molecule has 1 atom stereocenters. The Hall–Kier alpha value is -1.92. The maximum Gasteiger partial charge on any atom is 0.228 e. The van der Waals surface area contributed by atoms with Crippen LogP contribution in [0, 0.1) is 6.92 Å². The molecule has 3 heterocycles. The number of thiazole rings is 1. The SMILES string of the molecule is Cc1csc(NC(=O)C[C@@H](c2cccs2)n2cccc2)n1. The van der Waals surface area contributed by atoms with E-state index in [0.29, 0.717) is 11.6 Å². The Bertz CT molecular complexity index is 667. The first-order valence-electron chi connectivity index (χ1n) is 6.60. The molecule has 0 unspecified atom stereocenters. The number of hydrogen-bond acceptors (Lipinski definition) is 4. The lowest BCUT2D eigenvalue weighted by atomic mass is 10.1. The fourth-order valence-electron chi connectivity index (χ4n) is 2.15. The third kappa shape index (κ3) is 3.40. The summed E-state index contributed by atoms with van der Waals surface area (Å²) in [7, 11) is 0. The summed E-state index contributed by atoms with van der Waals surface area (Å²) in [5, 5.41) is 7.50. The Labute approximate surface area is 131 Å². The highest BCUT2D eigenvalue weighted by atomic mass is 32.1. The van der Waals surface area contributed by atoms with Crippen LogP contribution >= 0.6 is 22.7 Å². The fourth-order valence-corrected chi connectivity index (χ4v) is 3.68. The minimum absolute atomic E-state index is 0.0172. The number of thiophene rings is 1. The monoisotopic (exact) mass is 317 g/mol. The van der Waals surface area contributed by atoms with Gasteiger partial charge in [0.25, 0.3) is 0 Å². The van der Waals surface area contributed by atoms with E-state index < -0.39 is 0 Å². The Balaban J connectivity index is 1.74. The van der Waals surface area contributed by atoms with Crippen LogP contribution < -0.4 is 5.32 Å². The van der Waals surface area contributed by atoms with E-state index in [0.717, 1.165) is 5.69 Å². The zero-order chi connectivity index (χ0) is 14.7. The van der Waals surface area contributed by atoms with E-state index in [1.165, 1.54) is 16.2 Å². The summed E-state index contributed by atoms with van der Waals surface area (Å²) in [6, 6.07) is 8.06. The van der Waals surface area contributed by atoms with Crippen molar-refractivity contribution in [1.29, 1.82) is 0 Å². The van der Waals surface area contributed by atoms with Crippen LogP contribution in [0.2, 0.25) is 0 Å². The minimum atomic E-state index is -0.0172. The molecule has 21 heavy (non-hydrogen) atoms. The molecule has 4 nitrogen and oxygen atoms in total. The second kappa shape index (κ2) is 6.24. The highest BCUT2D eigenvalue weighted by Crippen LogP contribution is 2.27. The molecule has 0 fully saturated rings. The normalized spacial score (nSPS) is 12.2. The molecule has 0 aliphatic carbocycles. The van der Waals surface area contributed by atoms with Gasteiger partial charge in [0.2, 0.25) is 5.91 Å². The summed E-state index contributed by atoms with van der Waals surface area (Å²) in [5.41, 5.74) is 0.926. The highest BCUT2D eigenvalue weighted by molar-refractivity contribution is 7.13. The topological polar surface area (TPSA) is 46.9 Å². The summed E-state index contributed by atoms with van der Waals surface area (Å²) < 4.78 is 2.07. The van der Waals surface area contributed by atoms with Gasteiger partial charge in [-0.2, -0.15) is 0 Å². The molecule has 3 aromatic heterocycles. The number of anilines is 1.